The van der Waals surface area contributed by atoms with Crippen LogP contribution in [0.15, 0.2) is 24.3 Å². The van der Waals surface area contributed by atoms with E-state index in [1.165, 1.54) is 12.8 Å². The van der Waals surface area contributed by atoms with Crippen LogP contribution in [0.25, 0.3) is 11.3 Å². The van der Waals surface area contributed by atoms with Crippen molar-refractivity contribution in [1.29, 1.82) is 0 Å². The van der Waals surface area contributed by atoms with Crippen LogP contribution >= 0.6 is 11.6 Å². The maximum atomic E-state index is 5.93. The second-order valence-electron chi connectivity index (χ2n) is 5.11. The zero-order chi connectivity index (χ0) is 13.2. The van der Waals surface area contributed by atoms with Crippen LogP contribution in [0, 0.1) is 6.92 Å². The molecule has 1 aliphatic rings. The van der Waals surface area contributed by atoms with Crippen molar-refractivity contribution in [3.63, 3.8) is 0 Å². The number of nitrogens with zero attached hydrogens (tertiary/aromatic N) is 1. The fourth-order valence-electron chi connectivity index (χ4n) is 2.62. The molecular formula is C15H18ClN3. The molecule has 2 heterocycles. The van der Waals surface area contributed by atoms with Crippen molar-refractivity contribution in [3.8, 4) is 11.3 Å². The van der Waals surface area contributed by atoms with Gasteiger partial charge in [0.25, 0.3) is 0 Å². The first-order valence-electron chi connectivity index (χ1n) is 6.80. The van der Waals surface area contributed by atoms with Crippen molar-refractivity contribution in [1.82, 2.24) is 15.3 Å². The number of hydrogen-bond acceptors (Lipinski definition) is 2. The summed E-state index contributed by atoms with van der Waals surface area (Å²) in [6.45, 7) is 3.16. The summed E-state index contributed by atoms with van der Waals surface area (Å²) in [5.41, 5.74) is 3.25. The van der Waals surface area contributed by atoms with Gasteiger partial charge in [-0.2, -0.15) is 0 Å². The highest BCUT2D eigenvalue weighted by molar-refractivity contribution is 6.30. The molecule has 19 heavy (non-hydrogen) atoms. The maximum Gasteiger partial charge on any atom is 0.124 e. The number of rotatable bonds is 2. The van der Waals surface area contributed by atoms with E-state index in [0.29, 0.717) is 6.04 Å². The SMILES string of the molecule is Cc1[nH]c(C2CCCCN2)nc1-c1ccc(Cl)cc1. The quantitative estimate of drug-likeness (QED) is 0.874. The number of nitrogens with one attached hydrogen (secondary N) is 2. The van der Waals surface area contributed by atoms with Gasteiger partial charge in [0, 0.05) is 16.3 Å². The van der Waals surface area contributed by atoms with Crippen molar-refractivity contribution in [2.75, 3.05) is 6.54 Å². The number of piperidine rings is 1. The summed E-state index contributed by atoms with van der Waals surface area (Å²) in [6, 6.07) is 8.22. The van der Waals surface area contributed by atoms with Gasteiger partial charge < -0.3 is 10.3 Å². The van der Waals surface area contributed by atoms with Gasteiger partial charge >= 0.3 is 0 Å². The molecule has 1 fully saturated rings. The average Bonchev–Trinajstić information content (AvgIpc) is 2.83. The Kier molecular flexibility index (Phi) is 3.58. The van der Waals surface area contributed by atoms with Crippen molar-refractivity contribution >= 4 is 11.6 Å². The van der Waals surface area contributed by atoms with Gasteiger partial charge in [-0.15, -0.1) is 0 Å². The van der Waals surface area contributed by atoms with Crippen LogP contribution in [0.2, 0.25) is 5.02 Å². The molecule has 2 N–H and O–H groups in total. The molecule has 1 unspecified atom stereocenters. The summed E-state index contributed by atoms with van der Waals surface area (Å²) >= 11 is 5.93. The number of benzene rings is 1. The number of hydrogen-bond donors (Lipinski definition) is 2. The van der Waals surface area contributed by atoms with Crippen LogP contribution in [0.5, 0.6) is 0 Å². The molecule has 1 aliphatic heterocycles. The Bertz CT molecular complexity index is 553. The number of aromatic nitrogens is 2. The summed E-state index contributed by atoms with van der Waals surface area (Å²) in [4.78, 5) is 8.19. The van der Waals surface area contributed by atoms with Crippen LogP contribution in [0.4, 0.5) is 0 Å². The van der Waals surface area contributed by atoms with E-state index in [-0.39, 0.29) is 0 Å². The van der Waals surface area contributed by atoms with Crippen LogP contribution in [0.1, 0.15) is 36.8 Å². The van der Waals surface area contributed by atoms with E-state index in [1.807, 2.05) is 24.3 Å². The Morgan fingerprint density at radius 2 is 2.00 bits per heavy atom. The van der Waals surface area contributed by atoms with Crippen LogP contribution < -0.4 is 5.32 Å². The topological polar surface area (TPSA) is 40.7 Å². The van der Waals surface area contributed by atoms with E-state index in [2.05, 4.69) is 17.2 Å². The molecule has 0 spiro atoms. The highest BCUT2D eigenvalue weighted by Crippen LogP contribution is 2.27. The lowest BCUT2D eigenvalue weighted by Gasteiger charge is -2.21. The molecule has 0 saturated carbocycles. The first-order valence-corrected chi connectivity index (χ1v) is 7.17. The molecule has 3 nitrogen and oxygen atoms in total. The highest BCUT2D eigenvalue weighted by atomic mass is 35.5. The number of halogens is 1. The lowest BCUT2D eigenvalue weighted by molar-refractivity contribution is 0.399. The zero-order valence-electron chi connectivity index (χ0n) is 11.0. The van der Waals surface area contributed by atoms with Gasteiger partial charge in [-0.1, -0.05) is 30.2 Å². The molecule has 4 heteroatoms. The third-order valence-electron chi connectivity index (χ3n) is 3.66. The molecule has 0 radical (unpaired) electrons. The summed E-state index contributed by atoms with van der Waals surface area (Å²) in [6.07, 6.45) is 3.70. The van der Waals surface area contributed by atoms with E-state index >= 15 is 0 Å². The number of aromatic amines is 1. The molecule has 0 bridgehead atoms. The Balaban J connectivity index is 1.90. The third kappa shape index (κ3) is 2.67. The molecule has 1 saturated heterocycles. The largest absolute Gasteiger partial charge is 0.344 e. The molecule has 1 aromatic heterocycles. The molecule has 3 rings (SSSR count). The van der Waals surface area contributed by atoms with Crippen molar-refractivity contribution < 1.29 is 0 Å². The highest BCUT2D eigenvalue weighted by Gasteiger charge is 2.19. The molecule has 1 aromatic carbocycles. The number of H-pyrrole nitrogens is 1. The Morgan fingerprint density at radius 1 is 1.21 bits per heavy atom. The minimum atomic E-state index is 0.369. The lowest BCUT2D eigenvalue weighted by Crippen LogP contribution is -2.27. The smallest absolute Gasteiger partial charge is 0.124 e. The maximum absolute atomic E-state index is 5.93. The van der Waals surface area contributed by atoms with Crippen LogP contribution in [0.3, 0.4) is 0 Å². The second kappa shape index (κ2) is 5.35. The van der Waals surface area contributed by atoms with E-state index < -0.39 is 0 Å². The van der Waals surface area contributed by atoms with Gasteiger partial charge in [-0.3, -0.25) is 0 Å². The standard InChI is InChI=1S/C15H18ClN3/c1-10-14(11-5-7-12(16)8-6-11)19-15(18-10)13-4-2-3-9-17-13/h5-8,13,17H,2-4,9H2,1H3,(H,18,19). The monoisotopic (exact) mass is 275 g/mol. The summed E-state index contributed by atoms with van der Waals surface area (Å²) in [5, 5.41) is 4.28. The minimum Gasteiger partial charge on any atom is -0.344 e. The first-order chi connectivity index (χ1) is 9.24. The lowest BCUT2D eigenvalue weighted by atomic mass is 10.0. The van der Waals surface area contributed by atoms with Gasteiger partial charge in [0.1, 0.15) is 5.82 Å². The summed E-state index contributed by atoms with van der Waals surface area (Å²) < 4.78 is 0. The van der Waals surface area contributed by atoms with Gasteiger partial charge in [0.2, 0.25) is 0 Å². The predicted molar refractivity (Wildman–Crippen MR) is 78.4 cm³/mol. The number of aryl methyl sites for hydroxylation is 1. The average molecular weight is 276 g/mol. The fourth-order valence-corrected chi connectivity index (χ4v) is 2.75. The second-order valence-corrected chi connectivity index (χ2v) is 5.54. The van der Waals surface area contributed by atoms with Crippen LogP contribution in [-0.4, -0.2) is 16.5 Å². The molecule has 0 aliphatic carbocycles. The Labute approximate surface area is 118 Å². The summed E-state index contributed by atoms with van der Waals surface area (Å²) in [5.74, 6) is 1.06. The van der Waals surface area contributed by atoms with E-state index in [4.69, 9.17) is 16.6 Å². The van der Waals surface area contributed by atoms with Gasteiger partial charge in [-0.25, -0.2) is 4.98 Å². The Morgan fingerprint density at radius 3 is 2.68 bits per heavy atom. The van der Waals surface area contributed by atoms with E-state index in [1.54, 1.807) is 0 Å². The van der Waals surface area contributed by atoms with Crippen molar-refractivity contribution in [2.24, 2.45) is 0 Å². The van der Waals surface area contributed by atoms with E-state index in [0.717, 1.165) is 40.8 Å². The molecule has 2 aromatic rings. The number of imidazole rings is 1. The molecular weight excluding hydrogens is 258 g/mol. The molecule has 1 atom stereocenters. The summed E-state index contributed by atoms with van der Waals surface area (Å²) in [7, 11) is 0. The van der Waals surface area contributed by atoms with E-state index in [9.17, 15) is 0 Å². The van der Waals surface area contributed by atoms with Crippen LogP contribution in [-0.2, 0) is 0 Å². The van der Waals surface area contributed by atoms with Gasteiger partial charge in [0.15, 0.2) is 0 Å². The Hall–Kier alpha value is -1.32. The zero-order valence-corrected chi connectivity index (χ0v) is 11.8. The van der Waals surface area contributed by atoms with Crippen molar-refractivity contribution in [2.45, 2.75) is 32.2 Å². The first kappa shape index (κ1) is 12.7. The minimum absolute atomic E-state index is 0.369. The van der Waals surface area contributed by atoms with Crippen molar-refractivity contribution in [3.05, 3.63) is 40.8 Å². The van der Waals surface area contributed by atoms with Gasteiger partial charge in [0.05, 0.1) is 11.7 Å². The van der Waals surface area contributed by atoms with Gasteiger partial charge in [-0.05, 0) is 38.4 Å². The fraction of sp³-hybridized carbons (Fsp3) is 0.400. The molecule has 100 valence electrons. The predicted octanol–water partition coefficient (Wildman–Crippen LogP) is 3.85. The third-order valence-corrected chi connectivity index (χ3v) is 3.91. The molecule has 0 amide bonds. The normalized spacial score (nSPS) is 19.6.